The maximum Gasteiger partial charge on any atom is 0.221 e. The monoisotopic (exact) mass is 236 g/mol. The summed E-state index contributed by atoms with van der Waals surface area (Å²) in [6, 6.07) is 6.70. The van der Waals surface area contributed by atoms with Gasteiger partial charge in [0, 0.05) is 11.0 Å². The second kappa shape index (κ2) is 4.78. The summed E-state index contributed by atoms with van der Waals surface area (Å²) in [7, 11) is 0. The fourth-order valence-corrected chi connectivity index (χ4v) is 1.49. The van der Waals surface area contributed by atoms with Gasteiger partial charge in [0.15, 0.2) is 5.78 Å². The molecular formula is C14H17FO2. The van der Waals surface area contributed by atoms with Gasteiger partial charge in [0.05, 0.1) is 0 Å². The Morgan fingerprint density at radius 3 is 2.18 bits per heavy atom. The molecule has 1 atom stereocenters. The molecule has 0 aliphatic carbocycles. The van der Waals surface area contributed by atoms with Crippen molar-refractivity contribution >= 4 is 11.6 Å². The molecule has 0 aromatic heterocycles. The lowest BCUT2D eigenvalue weighted by atomic mass is 9.85. The first-order valence-corrected chi connectivity index (χ1v) is 5.53. The minimum atomic E-state index is -2.07. The molecule has 0 radical (unpaired) electrons. The van der Waals surface area contributed by atoms with Crippen LogP contribution in [-0.4, -0.2) is 17.7 Å². The molecule has 0 saturated carbocycles. The Morgan fingerprint density at radius 2 is 1.71 bits per heavy atom. The maximum atomic E-state index is 13.9. The summed E-state index contributed by atoms with van der Waals surface area (Å²) < 4.78 is 13.9. The Labute approximate surface area is 101 Å². The molecule has 0 N–H and O–H groups in total. The van der Waals surface area contributed by atoms with Gasteiger partial charge in [-0.1, -0.05) is 45.0 Å². The highest BCUT2D eigenvalue weighted by Gasteiger charge is 2.35. The van der Waals surface area contributed by atoms with Crippen molar-refractivity contribution in [3.8, 4) is 0 Å². The zero-order chi connectivity index (χ0) is 13.2. The lowest BCUT2D eigenvalue weighted by molar-refractivity contribution is -0.129. The number of halogens is 1. The number of hydrogen-bond donors (Lipinski definition) is 0. The maximum absolute atomic E-state index is 13.9. The van der Waals surface area contributed by atoms with Crippen molar-refractivity contribution in [1.29, 1.82) is 0 Å². The van der Waals surface area contributed by atoms with E-state index in [1.807, 2.05) is 0 Å². The lowest BCUT2D eigenvalue weighted by Gasteiger charge is -2.19. The molecule has 1 aromatic carbocycles. The third-order valence-corrected chi connectivity index (χ3v) is 2.61. The van der Waals surface area contributed by atoms with Gasteiger partial charge in [-0.3, -0.25) is 9.59 Å². The number of benzene rings is 1. The summed E-state index contributed by atoms with van der Waals surface area (Å²) >= 11 is 0. The Balaban J connectivity index is 3.00. The van der Waals surface area contributed by atoms with E-state index in [-0.39, 0.29) is 5.56 Å². The van der Waals surface area contributed by atoms with E-state index >= 15 is 0 Å². The number of aryl methyl sites for hydroxylation is 1. The van der Waals surface area contributed by atoms with Crippen LogP contribution in [0.1, 0.15) is 36.7 Å². The van der Waals surface area contributed by atoms with E-state index in [1.165, 1.54) is 0 Å². The molecule has 0 aliphatic rings. The number of carbonyl (C=O) groups excluding carboxylic acids is 2. The SMILES string of the molecule is Cc1ccccc1C(=O)C(F)C(=O)C(C)(C)C. The Hall–Kier alpha value is -1.51. The van der Waals surface area contributed by atoms with E-state index in [4.69, 9.17) is 0 Å². The predicted molar refractivity (Wildman–Crippen MR) is 64.9 cm³/mol. The standard InChI is InChI=1S/C14H17FO2/c1-9-7-5-6-8-10(9)12(16)11(15)13(17)14(2,3)4/h5-8,11H,1-4H3. The summed E-state index contributed by atoms with van der Waals surface area (Å²) in [5, 5.41) is 0. The highest BCUT2D eigenvalue weighted by molar-refractivity contribution is 6.14. The minimum absolute atomic E-state index is 0.276. The second-order valence-corrected chi connectivity index (χ2v) is 5.16. The molecule has 0 aliphatic heterocycles. The van der Waals surface area contributed by atoms with Crippen LogP contribution in [0.3, 0.4) is 0 Å². The first kappa shape index (κ1) is 13.6. The molecule has 3 heteroatoms. The number of rotatable bonds is 3. The first-order valence-electron chi connectivity index (χ1n) is 5.53. The second-order valence-electron chi connectivity index (χ2n) is 5.16. The molecule has 0 heterocycles. The van der Waals surface area contributed by atoms with Crippen LogP contribution in [0.4, 0.5) is 4.39 Å². The van der Waals surface area contributed by atoms with Gasteiger partial charge in [0.2, 0.25) is 12.0 Å². The van der Waals surface area contributed by atoms with Crippen LogP contribution < -0.4 is 0 Å². The van der Waals surface area contributed by atoms with Crippen molar-refractivity contribution in [2.24, 2.45) is 5.41 Å². The number of hydrogen-bond acceptors (Lipinski definition) is 2. The predicted octanol–water partition coefficient (Wildman–Crippen LogP) is 3.13. The molecule has 1 aromatic rings. The van der Waals surface area contributed by atoms with Gasteiger partial charge in [-0.15, -0.1) is 0 Å². The zero-order valence-corrected chi connectivity index (χ0v) is 10.6. The van der Waals surface area contributed by atoms with Crippen molar-refractivity contribution in [3.63, 3.8) is 0 Å². The van der Waals surface area contributed by atoms with Crippen LogP contribution >= 0.6 is 0 Å². The summed E-state index contributed by atoms with van der Waals surface area (Å²) in [5.74, 6) is -1.42. The molecule has 92 valence electrons. The Bertz CT molecular complexity index is 444. The van der Waals surface area contributed by atoms with E-state index in [0.29, 0.717) is 5.56 Å². The Morgan fingerprint density at radius 1 is 1.18 bits per heavy atom. The van der Waals surface area contributed by atoms with Crippen molar-refractivity contribution in [2.45, 2.75) is 33.9 Å². The minimum Gasteiger partial charge on any atom is -0.295 e. The number of Topliss-reactive ketones (excluding diaryl/α,β-unsaturated/α-hetero) is 2. The molecule has 0 spiro atoms. The summed E-state index contributed by atoms with van der Waals surface area (Å²) in [5.41, 5.74) is 0.108. The van der Waals surface area contributed by atoms with Gasteiger partial charge >= 0.3 is 0 Å². The largest absolute Gasteiger partial charge is 0.295 e. The number of carbonyl (C=O) groups is 2. The fraction of sp³-hybridized carbons (Fsp3) is 0.429. The molecule has 0 amide bonds. The molecule has 1 rings (SSSR count). The van der Waals surface area contributed by atoms with Crippen LogP contribution in [0.25, 0.3) is 0 Å². The highest BCUT2D eigenvalue weighted by atomic mass is 19.1. The third-order valence-electron chi connectivity index (χ3n) is 2.61. The normalized spacial score (nSPS) is 13.2. The van der Waals surface area contributed by atoms with Crippen molar-refractivity contribution in [2.75, 3.05) is 0 Å². The average Bonchev–Trinajstić information content (AvgIpc) is 2.25. The first-order chi connectivity index (χ1) is 7.75. The van der Waals surface area contributed by atoms with Crippen molar-refractivity contribution < 1.29 is 14.0 Å². The van der Waals surface area contributed by atoms with Crippen LogP contribution in [0.15, 0.2) is 24.3 Å². The third kappa shape index (κ3) is 2.99. The van der Waals surface area contributed by atoms with Crippen molar-refractivity contribution in [3.05, 3.63) is 35.4 Å². The van der Waals surface area contributed by atoms with E-state index in [2.05, 4.69) is 0 Å². The molecule has 1 unspecified atom stereocenters. The van der Waals surface area contributed by atoms with Crippen molar-refractivity contribution in [1.82, 2.24) is 0 Å². The van der Waals surface area contributed by atoms with Crippen LogP contribution in [0.2, 0.25) is 0 Å². The summed E-state index contributed by atoms with van der Waals surface area (Å²) in [6.45, 7) is 6.54. The molecule has 0 saturated heterocycles. The summed E-state index contributed by atoms with van der Waals surface area (Å²) in [4.78, 5) is 23.6. The van der Waals surface area contributed by atoms with E-state index in [1.54, 1.807) is 52.0 Å². The van der Waals surface area contributed by atoms with Crippen LogP contribution in [0, 0.1) is 12.3 Å². The number of ketones is 2. The van der Waals surface area contributed by atoms with Crippen LogP contribution in [0.5, 0.6) is 0 Å². The Kier molecular flexibility index (Phi) is 3.81. The van der Waals surface area contributed by atoms with E-state index in [0.717, 1.165) is 0 Å². The van der Waals surface area contributed by atoms with Gasteiger partial charge in [-0.05, 0) is 12.5 Å². The van der Waals surface area contributed by atoms with Gasteiger partial charge in [0.1, 0.15) is 0 Å². The van der Waals surface area contributed by atoms with Crippen LogP contribution in [-0.2, 0) is 4.79 Å². The van der Waals surface area contributed by atoms with Gasteiger partial charge in [0.25, 0.3) is 0 Å². The molecule has 2 nitrogen and oxygen atoms in total. The fourth-order valence-electron chi connectivity index (χ4n) is 1.49. The average molecular weight is 236 g/mol. The number of alkyl halides is 1. The van der Waals surface area contributed by atoms with E-state index < -0.39 is 23.2 Å². The molecular weight excluding hydrogens is 219 g/mol. The lowest BCUT2D eigenvalue weighted by Crippen LogP contribution is -2.35. The smallest absolute Gasteiger partial charge is 0.221 e. The van der Waals surface area contributed by atoms with E-state index in [9.17, 15) is 14.0 Å². The van der Waals surface area contributed by atoms with Gasteiger partial charge < -0.3 is 0 Å². The topological polar surface area (TPSA) is 34.1 Å². The quantitative estimate of drug-likeness (QED) is 0.597. The van der Waals surface area contributed by atoms with Gasteiger partial charge in [-0.25, -0.2) is 4.39 Å². The van der Waals surface area contributed by atoms with Gasteiger partial charge in [-0.2, -0.15) is 0 Å². The molecule has 0 bridgehead atoms. The zero-order valence-electron chi connectivity index (χ0n) is 10.6. The highest BCUT2D eigenvalue weighted by Crippen LogP contribution is 2.21. The summed E-state index contributed by atoms with van der Waals surface area (Å²) in [6.07, 6.45) is -2.07. The molecule has 17 heavy (non-hydrogen) atoms. The molecule has 0 fully saturated rings.